The summed E-state index contributed by atoms with van der Waals surface area (Å²) in [6.07, 6.45) is 6.19. The lowest BCUT2D eigenvalue weighted by atomic mass is 9.97. The van der Waals surface area contributed by atoms with Gasteiger partial charge in [-0.25, -0.2) is 13.4 Å². The summed E-state index contributed by atoms with van der Waals surface area (Å²) in [4.78, 5) is 9.48. The van der Waals surface area contributed by atoms with Crippen LogP contribution in [0.4, 0.5) is 0 Å². The van der Waals surface area contributed by atoms with Crippen LogP contribution in [0.3, 0.4) is 0 Å². The van der Waals surface area contributed by atoms with E-state index in [9.17, 15) is 8.42 Å². The summed E-state index contributed by atoms with van der Waals surface area (Å²) in [6, 6.07) is 23.8. The van der Waals surface area contributed by atoms with Gasteiger partial charge in [-0.1, -0.05) is 36.4 Å². The molecule has 0 radical (unpaired) electrons. The van der Waals surface area contributed by atoms with E-state index in [0.29, 0.717) is 43.7 Å². The molecule has 1 saturated heterocycles. The van der Waals surface area contributed by atoms with Crippen LogP contribution in [0.5, 0.6) is 0 Å². The van der Waals surface area contributed by atoms with Crippen LogP contribution in [-0.2, 0) is 25.9 Å². The highest BCUT2D eigenvalue weighted by Gasteiger charge is 2.35. The van der Waals surface area contributed by atoms with Crippen molar-refractivity contribution in [2.45, 2.75) is 36.5 Å². The van der Waals surface area contributed by atoms with Gasteiger partial charge in [0.05, 0.1) is 34.1 Å². The van der Waals surface area contributed by atoms with Crippen LogP contribution in [0.1, 0.15) is 42.1 Å². The van der Waals surface area contributed by atoms with Crippen molar-refractivity contribution < 1.29 is 17.9 Å². The zero-order chi connectivity index (χ0) is 27.5. The van der Waals surface area contributed by atoms with Gasteiger partial charge in [0.1, 0.15) is 17.8 Å². The Balaban J connectivity index is 1.23. The Morgan fingerprint density at radius 1 is 0.950 bits per heavy atom. The molecular formula is C30H27N5O4S. The second kappa shape index (κ2) is 11.0. The molecule has 6 rings (SSSR count). The molecular weight excluding hydrogens is 526 g/mol. The van der Waals surface area contributed by atoms with Crippen molar-refractivity contribution >= 4 is 10.0 Å². The third kappa shape index (κ3) is 5.09. The van der Waals surface area contributed by atoms with Crippen LogP contribution in [0, 0.1) is 11.3 Å². The van der Waals surface area contributed by atoms with Crippen LogP contribution in [0.2, 0.25) is 0 Å². The Kier molecular flexibility index (Phi) is 7.07. The normalized spacial score (nSPS) is 18.0. The highest BCUT2D eigenvalue weighted by atomic mass is 32.2. The predicted octanol–water partition coefficient (Wildman–Crippen LogP) is 4.97. The fourth-order valence-corrected chi connectivity index (χ4v) is 6.59. The topological polar surface area (TPSA) is 110 Å². The Morgan fingerprint density at radius 2 is 1.70 bits per heavy atom. The van der Waals surface area contributed by atoms with Gasteiger partial charge in [0.2, 0.25) is 10.0 Å². The average Bonchev–Trinajstić information content (AvgIpc) is 3.65. The number of aromatic nitrogens is 3. The van der Waals surface area contributed by atoms with Crippen LogP contribution < -0.4 is 0 Å². The Hall–Kier alpha value is -4.46. The SMILES string of the molecule is N#Cc1ccc(S(=O)(=O)N2CCC(c3ncc(-c4ccccn4)n3C3OC=C(Cc4ccccc4)O3)CC2)cc1. The lowest BCUT2D eigenvalue weighted by molar-refractivity contribution is -0.0936. The summed E-state index contributed by atoms with van der Waals surface area (Å²) in [6.45, 7) is 0.700. The van der Waals surface area contributed by atoms with Crippen molar-refractivity contribution in [3.8, 4) is 17.5 Å². The van der Waals surface area contributed by atoms with E-state index in [-0.39, 0.29) is 10.8 Å². The molecule has 2 aliphatic rings. The van der Waals surface area contributed by atoms with Gasteiger partial charge in [0.15, 0.2) is 0 Å². The molecule has 0 N–H and O–H groups in total. The number of hydrogen-bond donors (Lipinski definition) is 0. The highest BCUT2D eigenvalue weighted by molar-refractivity contribution is 7.89. The molecule has 1 fully saturated rings. The molecule has 0 spiro atoms. The van der Waals surface area contributed by atoms with Gasteiger partial charge < -0.3 is 9.47 Å². The fourth-order valence-electron chi connectivity index (χ4n) is 5.12. The van der Waals surface area contributed by atoms with Gasteiger partial charge in [-0.2, -0.15) is 9.57 Å². The summed E-state index contributed by atoms with van der Waals surface area (Å²) in [5.74, 6) is 1.48. The number of benzene rings is 2. The second-order valence-corrected chi connectivity index (χ2v) is 11.6. The van der Waals surface area contributed by atoms with Crippen LogP contribution >= 0.6 is 0 Å². The number of piperidine rings is 1. The fraction of sp³-hybridized carbons (Fsp3) is 0.233. The summed E-state index contributed by atoms with van der Waals surface area (Å²) in [5.41, 5.74) is 3.05. The van der Waals surface area contributed by atoms with Gasteiger partial charge in [-0.3, -0.25) is 9.55 Å². The van der Waals surface area contributed by atoms with E-state index in [1.165, 1.54) is 28.6 Å². The third-order valence-electron chi connectivity index (χ3n) is 7.19. The summed E-state index contributed by atoms with van der Waals surface area (Å²) in [7, 11) is -3.66. The molecule has 2 aromatic heterocycles. The second-order valence-electron chi connectivity index (χ2n) is 9.71. The Morgan fingerprint density at radius 3 is 2.40 bits per heavy atom. The smallest absolute Gasteiger partial charge is 0.332 e. The minimum absolute atomic E-state index is 0.00440. The monoisotopic (exact) mass is 553 g/mol. The van der Waals surface area contributed by atoms with Crippen LogP contribution in [0.15, 0.2) is 102 Å². The van der Waals surface area contributed by atoms with E-state index in [1.807, 2.05) is 59.2 Å². The van der Waals surface area contributed by atoms with Gasteiger partial charge in [-0.05, 0) is 54.8 Å². The van der Waals surface area contributed by atoms with Crippen molar-refractivity contribution in [1.82, 2.24) is 18.8 Å². The first kappa shape index (κ1) is 25.8. The highest BCUT2D eigenvalue weighted by Crippen LogP contribution is 2.37. The summed E-state index contributed by atoms with van der Waals surface area (Å²) >= 11 is 0. The number of pyridine rings is 1. The molecule has 0 bridgehead atoms. The van der Waals surface area contributed by atoms with Gasteiger partial charge >= 0.3 is 6.41 Å². The number of hydrogen-bond acceptors (Lipinski definition) is 7. The van der Waals surface area contributed by atoms with E-state index in [0.717, 1.165) is 22.8 Å². The van der Waals surface area contributed by atoms with E-state index in [2.05, 4.69) is 4.98 Å². The minimum Gasteiger partial charge on any atom is -0.441 e. The quantitative estimate of drug-likeness (QED) is 0.318. The molecule has 202 valence electrons. The molecule has 1 atom stereocenters. The van der Waals surface area contributed by atoms with Crippen molar-refractivity contribution in [2.24, 2.45) is 0 Å². The molecule has 0 amide bonds. The number of rotatable bonds is 7. The molecule has 0 saturated carbocycles. The van der Waals surface area contributed by atoms with Crippen molar-refractivity contribution in [3.63, 3.8) is 0 Å². The van der Waals surface area contributed by atoms with E-state index in [4.69, 9.17) is 19.7 Å². The largest absolute Gasteiger partial charge is 0.441 e. The van der Waals surface area contributed by atoms with Crippen molar-refractivity contribution in [2.75, 3.05) is 13.1 Å². The first-order valence-corrected chi connectivity index (χ1v) is 14.5. The molecule has 4 heterocycles. The molecule has 1 unspecified atom stereocenters. The van der Waals surface area contributed by atoms with E-state index >= 15 is 0 Å². The Bertz CT molecular complexity index is 1650. The molecule has 2 aliphatic heterocycles. The lowest BCUT2D eigenvalue weighted by Crippen LogP contribution is -2.38. The zero-order valence-corrected chi connectivity index (χ0v) is 22.4. The zero-order valence-electron chi connectivity index (χ0n) is 21.6. The maximum Gasteiger partial charge on any atom is 0.332 e. The van der Waals surface area contributed by atoms with Crippen LogP contribution in [0.25, 0.3) is 11.4 Å². The number of nitriles is 1. The van der Waals surface area contributed by atoms with Gasteiger partial charge in [0.25, 0.3) is 0 Å². The maximum absolute atomic E-state index is 13.2. The minimum atomic E-state index is -3.66. The number of nitrogens with zero attached hydrogens (tertiary/aromatic N) is 5. The summed E-state index contributed by atoms with van der Waals surface area (Å²) in [5, 5.41) is 9.03. The number of imidazole rings is 1. The van der Waals surface area contributed by atoms with E-state index < -0.39 is 16.4 Å². The first-order valence-electron chi connectivity index (χ1n) is 13.1. The number of allylic oxidation sites excluding steroid dienone is 1. The molecule has 10 heteroatoms. The predicted molar refractivity (Wildman–Crippen MR) is 147 cm³/mol. The van der Waals surface area contributed by atoms with Gasteiger partial charge in [-0.15, -0.1) is 0 Å². The lowest BCUT2D eigenvalue weighted by Gasteiger charge is -2.31. The summed E-state index contributed by atoms with van der Waals surface area (Å²) < 4.78 is 42.2. The van der Waals surface area contributed by atoms with E-state index in [1.54, 1.807) is 18.7 Å². The van der Waals surface area contributed by atoms with Gasteiger partial charge in [0, 0.05) is 31.6 Å². The molecule has 2 aromatic carbocycles. The Labute approximate surface area is 233 Å². The third-order valence-corrected chi connectivity index (χ3v) is 9.11. The first-order chi connectivity index (χ1) is 19.5. The average molecular weight is 554 g/mol. The van der Waals surface area contributed by atoms with Crippen LogP contribution in [-0.4, -0.2) is 40.3 Å². The molecule has 40 heavy (non-hydrogen) atoms. The number of ether oxygens (including phenoxy) is 2. The van der Waals surface area contributed by atoms with Crippen molar-refractivity contribution in [3.05, 3.63) is 114 Å². The molecule has 9 nitrogen and oxygen atoms in total. The molecule has 4 aromatic rings. The molecule has 0 aliphatic carbocycles. The standard InChI is InChI=1S/C30H27N5O4S/c31-19-23-9-11-26(12-10-23)40(36,37)34-16-13-24(14-17-34)29-33-20-28(27-8-4-5-15-32-27)35(29)30-38-21-25(39-30)18-22-6-2-1-3-7-22/h1-12,15,20-21,24,30H,13-14,16-18H2. The maximum atomic E-state index is 13.2. The number of sulfonamides is 1. The van der Waals surface area contributed by atoms with Crippen molar-refractivity contribution in [1.29, 1.82) is 5.26 Å².